The Morgan fingerprint density at radius 2 is 1.45 bits per heavy atom. The van der Waals surface area contributed by atoms with E-state index in [9.17, 15) is 59.0 Å². The van der Waals surface area contributed by atoms with Gasteiger partial charge in [-0.15, -0.1) is 0 Å². The number of fused-ring (bicyclic) bond motifs is 3. The minimum Gasteiger partial charge on any atom is -0.481 e. The van der Waals surface area contributed by atoms with Gasteiger partial charge >= 0.3 is 24.0 Å². The van der Waals surface area contributed by atoms with Crippen LogP contribution in [-0.2, 0) is 36.3 Å². The molecule has 240 valence electrons. The van der Waals surface area contributed by atoms with Crippen molar-refractivity contribution in [1.29, 1.82) is 0 Å². The highest BCUT2D eigenvalue weighted by Gasteiger charge is 2.74. The van der Waals surface area contributed by atoms with Crippen molar-refractivity contribution in [2.75, 3.05) is 6.54 Å². The maximum Gasteiger partial charge on any atom is 0.435 e. The fraction of sp³-hybridized carbons (Fsp3) is 0.517. The molecule has 2 aromatic rings. The van der Waals surface area contributed by atoms with E-state index in [4.69, 9.17) is 0 Å². The summed E-state index contributed by atoms with van der Waals surface area (Å²) >= 11 is 0. The standard InChI is InChI=1S/C29H28F7NO6S/c30-27(28(31,32)33,29(34,35)36)19-7-8-21-18(16-19)6-9-22-26(21,44(42,43)20-4-2-1-3-5-20)14-15-37(22)24(40)25(41)12-10-17(11-13-25)23(38)39/h1-5,7-8,16-17,22,41H,6,9-15H2,(H,38,39)/t17-,22-,25+,26-/m1/s1. The van der Waals surface area contributed by atoms with Gasteiger partial charge in [-0.05, 0) is 68.2 Å². The van der Waals surface area contributed by atoms with Crippen LogP contribution in [0.25, 0.3) is 0 Å². The minimum absolute atomic E-state index is 0.00145. The zero-order chi connectivity index (χ0) is 32.5. The summed E-state index contributed by atoms with van der Waals surface area (Å²) in [7, 11) is -4.51. The maximum absolute atomic E-state index is 15.0. The summed E-state index contributed by atoms with van der Waals surface area (Å²) in [5, 5.41) is 20.6. The molecule has 1 amide bonds. The zero-order valence-corrected chi connectivity index (χ0v) is 23.8. The molecule has 44 heavy (non-hydrogen) atoms. The van der Waals surface area contributed by atoms with Gasteiger partial charge in [0.2, 0.25) is 0 Å². The summed E-state index contributed by atoms with van der Waals surface area (Å²) in [6.07, 6.45) is -13.9. The van der Waals surface area contributed by atoms with Crippen molar-refractivity contribution in [3.05, 3.63) is 65.2 Å². The number of rotatable bonds is 5. The fourth-order valence-corrected chi connectivity index (χ4v) is 9.49. The summed E-state index contributed by atoms with van der Waals surface area (Å²) in [4.78, 5) is 26.2. The lowest BCUT2D eigenvalue weighted by atomic mass is 9.75. The largest absolute Gasteiger partial charge is 0.481 e. The molecule has 0 bridgehead atoms. The van der Waals surface area contributed by atoms with Crippen LogP contribution in [0.1, 0.15) is 55.2 Å². The van der Waals surface area contributed by atoms with E-state index in [1.165, 1.54) is 35.2 Å². The minimum atomic E-state index is -6.36. The number of aliphatic hydroxyl groups is 1. The summed E-state index contributed by atoms with van der Waals surface area (Å²) in [6.45, 7) is -0.223. The molecule has 0 radical (unpaired) electrons. The molecule has 2 aromatic carbocycles. The number of halogens is 7. The smallest absolute Gasteiger partial charge is 0.435 e. The number of hydrogen-bond donors (Lipinski definition) is 2. The fourth-order valence-electron chi connectivity index (χ4n) is 7.11. The molecule has 5 rings (SSSR count). The van der Waals surface area contributed by atoms with Crippen LogP contribution in [0, 0.1) is 5.92 Å². The average Bonchev–Trinajstić information content (AvgIpc) is 3.37. The molecule has 15 heteroatoms. The van der Waals surface area contributed by atoms with E-state index in [2.05, 4.69) is 0 Å². The third kappa shape index (κ3) is 4.60. The normalized spacial score (nSPS) is 27.9. The third-order valence-electron chi connectivity index (χ3n) is 9.42. The second kappa shape index (κ2) is 10.4. The van der Waals surface area contributed by atoms with Gasteiger partial charge in [0.1, 0.15) is 10.3 Å². The number of carbonyl (C=O) groups is 2. The van der Waals surface area contributed by atoms with Crippen LogP contribution in [0.5, 0.6) is 0 Å². The van der Waals surface area contributed by atoms with E-state index in [0.29, 0.717) is 6.07 Å². The lowest BCUT2D eigenvalue weighted by Crippen LogP contribution is -2.57. The van der Waals surface area contributed by atoms with E-state index in [-0.39, 0.29) is 73.6 Å². The van der Waals surface area contributed by atoms with Crippen molar-refractivity contribution in [2.24, 2.45) is 5.92 Å². The van der Waals surface area contributed by atoms with Crippen molar-refractivity contribution in [3.8, 4) is 0 Å². The maximum atomic E-state index is 15.0. The van der Waals surface area contributed by atoms with Gasteiger partial charge in [0.25, 0.3) is 5.91 Å². The Labute approximate surface area is 247 Å². The topological polar surface area (TPSA) is 112 Å². The van der Waals surface area contributed by atoms with Crippen LogP contribution in [0.15, 0.2) is 53.4 Å². The van der Waals surface area contributed by atoms with Crippen molar-refractivity contribution in [2.45, 2.75) is 84.3 Å². The number of carboxylic acids is 1. The number of aliphatic carboxylic acids is 1. The molecule has 2 aliphatic carbocycles. The van der Waals surface area contributed by atoms with Crippen LogP contribution in [-0.4, -0.2) is 65.9 Å². The Morgan fingerprint density at radius 1 is 0.864 bits per heavy atom. The predicted molar refractivity (Wildman–Crippen MR) is 140 cm³/mol. The van der Waals surface area contributed by atoms with Gasteiger partial charge < -0.3 is 15.1 Å². The molecule has 1 heterocycles. The lowest BCUT2D eigenvalue weighted by Gasteiger charge is -2.45. The molecule has 2 N–H and O–H groups in total. The summed E-state index contributed by atoms with van der Waals surface area (Å²) in [5.74, 6) is -2.68. The van der Waals surface area contributed by atoms with Gasteiger partial charge in [0, 0.05) is 12.1 Å². The Balaban J connectivity index is 1.63. The molecule has 1 saturated carbocycles. The average molecular weight is 652 g/mol. The Morgan fingerprint density at radius 3 is 2.00 bits per heavy atom. The van der Waals surface area contributed by atoms with Crippen LogP contribution in [0.2, 0.25) is 0 Å². The number of alkyl halides is 7. The molecular weight excluding hydrogens is 623 g/mol. The number of amides is 1. The van der Waals surface area contributed by atoms with Gasteiger partial charge in [0.15, 0.2) is 9.84 Å². The number of sulfone groups is 1. The van der Waals surface area contributed by atoms with Gasteiger partial charge in [-0.2, -0.15) is 26.3 Å². The van der Waals surface area contributed by atoms with Crippen molar-refractivity contribution < 1.29 is 59.0 Å². The first-order valence-electron chi connectivity index (χ1n) is 13.8. The molecular formula is C29H28F7NO6S. The van der Waals surface area contributed by atoms with Crippen LogP contribution < -0.4 is 0 Å². The zero-order valence-electron chi connectivity index (χ0n) is 23.0. The Kier molecular flexibility index (Phi) is 7.63. The van der Waals surface area contributed by atoms with E-state index in [1.54, 1.807) is 0 Å². The van der Waals surface area contributed by atoms with Crippen LogP contribution in [0.3, 0.4) is 0 Å². The number of benzene rings is 2. The molecule has 2 atom stereocenters. The van der Waals surface area contributed by atoms with E-state index >= 15 is 0 Å². The first-order chi connectivity index (χ1) is 20.3. The Bertz CT molecular complexity index is 1550. The first-order valence-corrected chi connectivity index (χ1v) is 15.3. The number of nitrogens with zero attached hydrogens (tertiary/aromatic N) is 1. The van der Waals surface area contributed by atoms with Gasteiger partial charge in [-0.3, -0.25) is 9.59 Å². The number of carbonyl (C=O) groups excluding carboxylic acids is 1. The quantitative estimate of drug-likeness (QED) is 0.431. The third-order valence-corrected chi connectivity index (χ3v) is 12.0. The highest BCUT2D eigenvalue weighted by atomic mass is 32.2. The highest BCUT2D eigenvalue weighted by molar-refractivity contribution is 7.92. The van der Waals surface area contributed by atoms with Gasteiger partial charge in [-0.25, -0.2) is 12.8 Å². The molecule has 1 aliphatic heterocycles. The van der Waals surface area contributed by atoms with Crippen LogP contribution >= 0.6 is 0 Å². The van der Waals surface area contributed by atoms with E-state index in [0.717, 1.165) is 6.07 Å². The molecule has 1 saturated heterocycles. The summed E-state index contributed by atoms with van der Waals surface area (Å²) in [5.41, 5.74) is -9.82. The summed E-state index contributed by atoms with van der Waals surface area (Å²) < 4.78 is 123. The SMILES string of the molecule is O=C(O)[C@H]1CC[C@](O)(C(=O)N2CC[C@@]3(S(=O)(=O)c4ccccc4)c4ccc(C(F)(C(F)(F)F)C(F)(F)F)cc4CC[C@@H]23)CC1. The van der Waals surface area contributed by atoms with Crippen molar-refractivity contribution in [3.63, 3.8) is 0 Å². The molecule has 3 aliphatic rings. The second-order valence-electron chi connectivity index (χ2n) is 11.7. The Hall–Kier alpha value is -3.20. The second-order valence-corrected chi connectivity index (χ2v) is 13.9. The van der Waals surface area contributed by atoms with Gasteiger partial charge in [0.05, 0.1) is 16.9 Å². The monoisotopic (exact) mass is 651 g/mol. The molecule has 2 fully saturated rings. The van der Waals surface area contributed by atoms with Crippen molar-refractivity contribution >= 4 is 21.7 Å². The van der Waals surface area contributed by atoms with Crippen LogP contribution in [0.4, 0.5) is 30.7 Å². The molecule has 0 aromatic heterocycles. The van der Waals surface area contributed by atoms with E-state index < -0.39 is 67.6 Å². The van der Waals surface area contributed by atoms with E-state index in [1.807, 2.05) is 0 Å². The number of likely N-dealkylation sites (tertiary alicyclic amines) is 1. The highest BCUT2D eigenvalue weighted by Crippen LogP contribution is 2.57. The number of carboxylic acid groups (broad SMARTS) is 1. The molecule has 0 spiro atoms. The molecule has 7 nitrogen and oxygen atoms in total. The lowest BCUT2D eigenvalue weighted by molar-refractivity contribution is -0.348. The number of hydrogen-bond acceptors (Lipinski definition) is 5. The first kappa shape index (κ1) is 32.2. The molecule has 0 unspecified atom stereocenters. The van der Waals surface area contributed by atoms with Gasteiger partial charge in [-0.1, -0.05) is 36.4 Å². The predicted octanol–water partition coefficient (Wildman–Crippen LogP) is 5.20. The van der Waals surface area contributed by atoms with Crippen molar-refractivity contribution in [1.82, 2.24) is 4.90 Å². The summed E-state index contributed by atoms with van der Waals surface area (Å²) in [6, 6.07) is 7.22. The number of aryl methyl sites for hydroxylation is 1.